The quantitative estimate of drug-likeness (QED) is 0.0905. The highest BCUT2D eigenvalue weighted by molar-refractivity contribution is 6.00. The Hall–Kier alpha value is -6.54. The molecular weight excluding hydrogens is 841 g/mol. The minimum Gasteiger partial charge on any atom is -0.492 e. The minimum atomic E-state index is -1.25. The number of rotatable bonds is 18. The number of ether oxygens (including phenoxy) is 3. The minimum absolute atomic E-state index is 0.0358. The van der Waals surface area contributed by atoms with Gasteiger partial charge in [0.25, 0.3) is 0 Å². The van der Waals surface area contributed by atoms with Crippen molar-refractivity contribution in [3.05, 3.63) is 94.8 Å². The van der Waals surface area contributed by atoms with Crippen LogP contribution in [-0.4, -0.2) is 90.0 Å². The van der Waals surface area contributed by atoms with Crippen LogP contribution in [0.2, 0.25) is 0 Å². The fourth-order valence-corrected chi connectivity index (χ4v) is 7.87. The van der Waals surface area contributed by atoms with E-state index in [-0.39, 0.29) is 94.1 Å². The molecule has 0 fully saturated rings. The second-order valence-corrected chi connectivity index (χ2v) is 17.6. The lowest BCUT2D eigenvalue weighted by Gasteiger charge is -2.32. The van der Waals surface area contributed by atoms with Crippen molar-refractivity contribution in [2.45, 2.75) is 90.6 Å². The number of aryl methyl sites for hydroxylation is 1. The summed E-state index contributed by atoms with van der Waals surface area (Å²) in [5.74, 6) is -2.79. The van der Waals surface area contributed by atoms with Crippen LogP contribution < -0.4 is 36.7 Å². The van der Waals surface area contributed by atoms with Gasteiger partial charge >= 0.3 is 6.01 Å². The van der Waals surface area contributed by atoms with Gasteiger partial charge in [0.15, 0.2) is 17.3 Å². The van der Waals surface area contributed by atoms with Gasteiger partial charge in [-0.15, -0.1) is 0 Å². The fourth-order valence-electron chi connectivity index (χ4n) is 7.87. The Bertz CT molecular complexity index is 2430. The maximum absolute atomic E-state index is 14.7. The Kier molecular flexibility index (Phi) is 17.6. The number of hydrogen-bond donors (Lipinski definition) is 4. The molecule has 1 aliphatic rings. The van der Waals surface area contributed by atoms with Crippen molar-refractivity contribution in [3.63, 3.8) is 0 Å². The SMILES string of the molecule is Cc1nc(Oc2ccc(C(C)(C)C)cc2)ncc1C(=O)C[C@@H](CCN)C(=O)N(C)[C@@H]1C(=O)C[C@@H](C)C(=O)N[C@H](C(=O)CCC#N)Cc2ccc(OCCN)c(c2)-c2cc1ccc2OCCN. The van der Waals surface area contributed by atoms with Crippen molar-refractivity contribution in [3.8, 4) is 40.5 Å². The fraction of sp³-hybridized carbons (Fsp3) is 0.440. The van der Waals surface area contributed by atoms with Gasteiger partial charge in [0.05, 0.1) is 23.4 Å². The van der Waals surface area contributed by atoms with Crippen LogP contribution in [0.4, 0.5) is 0 Å². The van der Waals surface area contributed by atoms with Crippen LogP contribution in [0.25, 0.3) is 11.1 Å². The number of amides is 2. The third kappa shape index (κ3) is 12.8. The summed E-state index contributed by atoms with van der Waals surface area (Å²) in [5.41, 5.74) is 21.5. The van der Waals surface area contributed by atoms with Gasteiger partial charge in [-0.2, -0.15) is 10.2 Å². The molecule has 16 nitrogen and oxygen atoms in total. The summed E-state index contributed by atoms with van der Waals surface area (Å²) in [4.78, 5) is 80.7. The van der Waals surface area contributed by atoms with Crippen molar-refractivity contribution in [1.29, 1.82) is 5.26 Å². The van der Waals surface area contributed by atoms with Crippen LogP contribution in [0.15, 0.2) is 66.9 Å². The summed E-state index contributed by atoms with van der Waals surface area (Å²) >= 11 is 0. The van der Waals surface area contributed by atoms with E-state index < -0.39 is 47.3 Å². The number of likely N-dealkylation sites (N-methyl/N-ethyl adjacent to an activating group) is 1. The zero-order chi connectivity index (χ0) is 48.1. The lowest BCUT2D eigenvalue weighted by atomic mass is 9.87. The zero-order valence-electron chi connectivity index (χ0n) is 38.7. The Labute approximate surface area is 386 Å². The highest BCUT2D eigenvalue weighted by atomic mass is 16.5. The number of fused-ring (bicyclic) bond motifs is 5. The molecule has 5 rings (SSSR count). The average Bonchev–Trinajstić information content (AvgIpc) is 3.28. The number of nitrogens with one attached hydrogen (secondary N) is 1. The number of carbonyl (C=O) groups excluding carboxylic acids is 5. The first-order chi connectivity index (χ1) is 31.5. The molecule has 1 aliphatic heterocycles. The van der Waals surface area contributed by atoms with E-state index in [0.717, 1.165) is 5.56 Å². The van der Waals surface area contributed by atoms with E-state index in [1.165, 1.54) is 18.1 Å². The van der Waals surface area contributed by atoms with Gasteiger partial charge in [-0.25, -0.2) is 4.98 Å². The van der Waals surface area contributed by atoms with Crippen molar-refractivity contribution in [1.82, 2.24) is 20.2 Å². The summed E-state index contributed by atoms with van der Waals surface area (Å²) in [7, 11) is 1.49. The molecule has 7 N–H and O–H groups in total. The maximum atomic E-state index is 14.7. The van der Waals surface area contributed by atoms with Gasteiger partial charge < -0.3 is 41.6 Å². The number of ketones is 3. The lowest BCUT2D eigenvalue weighted by molar-refractivity contribution is -0.142. The molecule has 0 radical (unpaired) electrons. The topological polar surface area (TPSA) is 256 Å². The summed E-state index contributed by atoms with van der Waals surface area (Å²) in [6.07, 6.45) is 0.902. The summed E-state index contributed by atoms with van der Waals surface area (Å²) in [5, 5.41) is 12.1. The van der Waals surface area contributed by atoms with Gasteiger partial charge in [-0.3, -0.25) is 24.0 Å². The third-order valence-electron chi connectivity index (χ3n) is 11.5. The number of benzene rings is 3. The van der Waals surface area contributed by atoms with Crippen molar-refractivity contribution < 1.29 is 38.2 Å². The van der Waals surface area contributed by atoms with Gasteiger partial charge in [0, 0.05) is 75.0 Å². The largest absolute Gasteiger partial charge is 0.492 e. The lowest BCUT2D eigenvalue weighted by Crippen LogP contribution is -2.46. The number of Topliss-reactive ketones (excluding diaryl/α,β-unsaturated/α-hetero) is 3. The van der Waals surface area contributed by atoms with E-state index in [2.05, 4.69) is 36.1 Å². The first-order valence-corrected chi connectivity index (χ1v) is 22.3. The Balaban J connectivity index is 1.53. The standard InChI is InChI=1S/C50H62N8O8/c1-30-24-43(61)46(58(6)48(63)34(17-19-52)28-42(60)39-29-55-49(56-31(39)2)66-36-13-11-35(12-14-36)50(3,4)5)33-10-16-45(65-23-21-54)38(27-33)37-25-32(9-15-44(37)64-22-20-53)26-40(57-47(30)62)41(59)8-7-18-51/h9-16,25,27,29-30,34,40,46H,7-8,17,19-24,26,28,52-54H2,1-6H3,(H,57,62)/t30-,34-,40+,46+/m1/s1. The van der Waals surface area contributed by atoms with Crippen LogP contribution in [0, 0.1) is 30.1 Å². The van der Waals surface area contributed by atoms with Gasteiger partial charge in [-0.05, 0) is 84.8 Å². The van der Waals surface area contributed by atoms with Crippen molar-refractivity contribution >= 4 is 29.2 Å². The smallest absolute Gasteiger partial charge is 0.322 e. The van der Waals surface area contributed by atoms with Crippen LogP contribution in [0.3, 0.4) is 0 Å². The van der Waals surface area contributed by atoms with Gasteiger partial charge in [-0.1, -0.05) is 52.0 Å². The number of aromatic nitrogens is 2. The van der Waals surface area contributed by atoms with Gasteiger partial charge in [0.2, 0.25) is 11.8 Å². The Morgan fingerprint density at radius 1 is 0.924 bits per heavy atom. The summed E-state index contributed by atoms with van der Waals surface area (Å²) in [6.45, 7) is 10.4. The number of hydrogen-bond acceptors (Lipinski definition) is 14. The van der Waals surface area contributed by atoms with Crippen LogP contribution in [0.5, 0.6) is 23.3 Å². The maximum Gasteiger partial charge on any atom is 0.322 e. The molecule has 4 aromatic rings. The van der Waals surface area contributed by atoms with Gasteiger partial charge in [0.1, 0.15) is 36.5 Å². The van der Waals surface area contributed by atoms with E-state index in [1.54, 1.807) is 44.2 Å². The van der Waals surface area contributed by atoms with E-state index in [0.29, 0.717) is 45.2 Å². The van der Waals surface area contributed by atoms with Crippen molar-refractivity contribution in [2.24, 2.45) is 29.0 Å². The normalized spacial score (nSPS) is 16.8. The summed E-state index contributed by atoms with van der Waals surface area (Å²) in [6, 6.07) is 17.8. The highest BCUT2D eigenvalue weighted by Crippen LogP contribution is 2.41. The number of nitrogens with two attached hydrogens (primary N) is 3. The molecule has 2 amide bonds. The predicted molar refractivity (Wildman–Crippen MR) is 249 cm³/mol. The Morgan fingerprint density at radius 3 is 2.18 bits per heavy atom. The molecule has 4 atom stereocenters. The molecule has 0 unspecified atom stereocenters. The van der Waals surface area contributed by atoms with Crippen LogP contribution in [0.1, 0.15) is 98.6 Å². The molecular formula is C50H62N8O8. The molecule has 350 valence electrons. The molecule has 0 saturated carbocycles. The molecule has 0 saturated heterocycles. The number of nitrogens with zero attached hydrogens (tertiary/aromatic N) is 4. The number of nitriles is 1. The number of carbonyl (C=O) groups is 5. The molecule has 0 spiro atoms. The molecule has 16 heteroatoms. The third-order valence-corrected chi connectivity index (χ3v) is 11.5. The predicted octanol–water partition coefficient (Wildman–Crippen LogP) is 5.46. The van der Waals surface area contributed by atoms with E-state index in [1.807, 2.05) is 36.4 Å². The average molecular weight is 903 g/mol. The first-order valence-electron chi connectivity index (χ1n) is 22.3. The van der Waals surface area contributed by atoms with E-state index in [9.17, 15) is 29.2 Å². The molecule has 2 heterocycles. The van der Waals surface area contributed by atoms with Crippen LogP contribution >= 0.6 is 0 Å². The second kappa shape index (κ2) is 23.1. The molecule has 0 aliphatic carbocycles. The van der Waals surface area contributed by atoms with E-state index in [4.69, 9.17) is 31.4 Å². The second-order valence-electron chi connectivity index (χ2n) is 17.6. The van der Waals surface area contributed by atoms with Crippen molar-refractivity contribution in [2.75, 3.05) is 39.9 Å². The zero-order valence-corrected chi connectivity index (χ0v) is 38.7. The Morgan fingerprint density at radius 2 is 1.58 bits per heavy atom. The molecule has 4 bridgehead atoms. The molecule has 66 heavy (non-hydrogen) atoms. The molecule has 3 aromatic carbocycles. The van der Waals surface area contributed by atoms with E-state index >= 15 is 0 Å². The monoisotopic (exact) mass is 902 g/mol. The molecule has 1 aromatic heterocycles. The highest BCUT2D eigenvalue weighted by Gasteiger charge is 2.36. The summed E-state index contributed by atoms with van der Waals surface area (Å²) < 4.78 is 18.1. The first kappa shape index (κ1) is 50.5. The van der Waals surface area contributed by atoms with Crippen LogP contribution in [-0.2, 0) is 31.0 Å².